The molecule has 0 atom stereocenters. The van der Waals surface area contributed by atoms with Crippen LogP contribution in [0, 0.1) is 13.8 Å². The molecular formula is C18H18N4O3S2. The minimum atomic E-state index is -0.908. The molecular weight excluding hydrogens is 384 g/mol. The molecule has 2 aromatic heterocycles. The van der Waals surface area contributed by atoms with E-state index in [2.05, 4.69) is 11.1 Å². The third-order valence-corrected chi connectivity index (χ3v) is 6.09. The van der Waals surface area contributed by atoms with Crippen LogP contribution >= 0.6 is 23.1 Å². The Morgan fingerprint density at radius 3 is 2.70 bits per heavy atom. The molecule has 0 saturated carbocycles. The third kappa shape index (κ3) is 3.88. The largest absolute Gasteiger partial charge is 0.351 e. The fraction of sp³-hybridized carbons (Fsp3) is 0.222. The van der Waals surface area contributed by atoms with Crippen LogP contribution in [-0.4, -0.2) is 27.2 Å². The van der Waals surface area contributed by atoms with Gasteiger partial charge in [-0.2, -0.15) is 0 Å². The van der Waals surface area contributed by atoms with Crippen LogP contribution < -0.4 is 16.6 Å². The maximum absolute atomic E-state index is 12.9. The maximum atomic E-state index is 12.9. The van der Waals surface area contributed by atoms with E-state index in [9.17, 15) is 14.4 Å². The van der Waals surface area contributed by atoms with Crippen LogP contribution in [0.1, 0.15) is 11.1 Å². The Labute approximate surface area is 163 Å². The van der Waals surface area contributed by atoms with Gasteiger partial charge in [0.15, 0.2) is 5.16 Å². The number of imide groups is 1. The Kier molecular flexibility index (Phi) is 5.33. The van der Waals surface area contributed by atoms with Gasteiger partial charge in [-0.05, 0) is 30.5 Å². The lowest BCUT2D eigenvalue weighted by atomic mass is 10.0. The van der Waals surface area contributed by atoms with Gasteiger partial charge >= 0.3 is 6.03 Å². The second kappa shape index (κ2) is 7.53. The number of primary amides is 1. The number of aryl methyl sites for hydroxylation is 2. The van der Waals surface area contributed by atoms with Crippen LogP contribution in [0.25, 0.3) is 21.3 Å². The monoisotopic (exact) mass is 402 g/mol. The van der Waals surface area contributed by atoms with Gasteiger partial charge in [-0.25, -0.2) is 9.78 Å². The third-order valence-electron chi connectivity index (χ3n) is 4.19. The van der Waals surface area contributed by atoms with Gasteiger partial charge in [0, 0.05) is 18.0 Å². The normalized spacial score (nSPS) is 10.9. The maximum Gasteiger partial charge on any atom is 0.318 e. The number of nitrogens with two attached hydrogens (primary N) is 1. The van der Waals surface area contributed by atoms with Gasteiger partial charge in [0.1, 0.15) is 4.83 Å². The molecule has 140 valence electrons. The molecule has 0 aliphatic heterocycles. The summed E-state index contributed by atoms with van der Waals surface area (Å²) in [6.45, 7) is 4.08. The molecule has 3 N–H and O–H groups in total. The van der Waals surface area contributed by atoms with Crippen molar-refractivity contribution in [2.24, 2.45) is 12.8 Å². The summed E-state index contributed by atoms with van der Waals surface area (Å²) in [5.74, 6) is -0.603. The Morgan fingerprint density at radius 1 is 1.30 bits per heavy atom. The first kappa shape index (κ1) is 19.1. The average Bonchev–Trinajstić information content (AvgIpc) is 3.02. The zero-order chi connectivity index (χ0) is 19.7. The minimum absolute atomic E-state index is 0.0654. The number of thioether (sulfide) groups is 1. The Bertz CT molecular complexity index is 1120. The molecule has 2 heterocycles. The number of urea groups is 1. The van der Waals surface area contributed by atoms with Crippen LogP contribution in [0.15, 0.2) is 33.5 Å². The summed E-state index contributed by atoms with van der Waals surface area (Å²) in [6.07, 6.45) is 0. The summed E-state index contributed by atoms with van der Waals surface area (Å²) >= 11 is 2.46. The van der Waals surface area contributed by atoms with Crippen molar-refractivity contribution in [3.63, 3.8) is 0 Å². The molecule has 7 nitrogen and oxygen atoms in total. The number of amides is 3. The number of nitrogens with zero attached hydrogens (tertiary/aromatic N) is 2. The van der Waals surface area contributed by atoms with Crippen molar-refractivity contribution in [2.45, 2.75) is 19.0 Å². The Morgan fingerprint density at radius 2 is 2.04 bits per heavy atom. The van der Waals surface area contributed by atoms with Crippen molar-refractivity contribution in [2.75, 3.05) is 5.75 Å². The van der Waals surface area contributed by atoms with E-state index in [0.717, 1.165) is 28.5 Å². The van der Waals surface area contributed by atoms with Gasteiger partial charge in [0.05, 0.1) is 11.1 Å². The minimum Gasteiger partial charge on any atom is -0.351 e. The summed E-state index contributed by atoms with van der Waals surface area (Å²) in [6, 6.07) is 5.19. The highest BCUT2D eigenvalue weighted by molar-refractivity contribution is 7.99. The summed E-state index contributed by atoms with van der Waals surface area (Å²) in [5.41, 5.74) is 8.93. The van der Waals surface area contributed by atoms with Crippen molar-refractivity contribution in [1.29, 1.82) is 0 Å². The van der Waals surface area contributed by atoms with E-state index in [-0.39, 0.29) is 11.3 Å². The summed E-state index contributed by atoms with van der Waals surface area (Å²) in [5, 5.41) is 4.88. The summed E-state index contributed by atoms with van der Waals surface area (Å²) in [7, 11) is 1.62. The van der Waals surface area contributed by atoms with E-state index in [4.69, 9.17) is 5.73 Å². The molecule has 0 saturated heterocycles. The van der Waals surface area contributed by atoms with E-state index >= 15 is 0 Å². The van der Waals surface area contributed by atoms with Crippen LogP contribution in [0.2, 0.25) is 0 Å². The van der Waals surface area contributed by atoms with Crippen molar-refractivity contribution >= 4 is 45.3 Å². The predicted molar refractivity (Wildman–Crippen MR) is 108 cm³/mol. The predicted octanol–water partition coefficient (Wildman–Crippen LogP) is 2.57. The van der Waals surface area contributed by atoms with E-state index in [0.29, 0.717) is 15.4 Å². The molecule has 0 fully saturated rings. The highest BCUT2D eigenvalue weighted by atomic mass is 32.2. The summed E-state index contributed by atoms with van der Waals surface area (Å²) in [4.78, 5) is 40.4. The summed E-state index contributed by atoms with van der Waals surface area (Å²) < 4.78 is 1.42. The van der Waals surface area contributed by atoms with Crippen LogP contribution in [0.3, 0.4) is 0 Å². The number of rotatable bonds is 4. The molecule has 3 aromatic rings. The van der Waals surface area contributed by atoms with E-state index in [1.165, 1.54) is 21.5 Å². The number of carbonyl (C=O) groups is 2. The lowest BCUT2D eigenvalue weighted by Gasteiger charge is -2.08. The highest BCUT2D eigenvalue weighted by Gasteiger charge is 2.17. The second-order valence-corrected chi connectivity index (χ2v) is 7.89. The number of hydrogen-bond acceptors (Lipinski definition) is 6. The Balaban J connectivity index is 1.99. The van der Waals surface area contributed by atoms with Crippen molar-refractivity contribution < 1.29 is 9.59 Å². The van der Waals surface area contributed by atoms with Crippen LogP contribution in [-0.2, 0) is 11.8 Å². The topological polar surface area (TPSA) is 107 Å². The molecule has 0 unspecified atom stereocenters. The van der Waals surface area contributed by atoms with Crippen molar-refractivity contribution in [1.82, 2.24) is 14.9 Å². The van der Waals surface area contributed by atoms with Gasteiger partial charge in [-0.3, -0.25) is 19.5 Å². The molecule has 3 amide bonds. The number of nitrogens with one attached hydrogen (secondary N) is 1. The molecule has 9 heteroatoms. The number of benzene rings is 1. The zero-order valence-electron chi connectivity index (χ0n) is 15.0. The molecule has 0 aliphatic carbocycles. The van der Waals surface area contributed by atoms with E-state index in [1.54, 1.807) is 7.05 Å². The SMILES string of the molecule is Cc1ccc(-c2csc3nc(SCC(=O)NC(N)=O)n(C)c(=O)c23)cc1C. The lowest BCUT2D eigenvalue weighted by Crippen LogP contribution is -2.36. The molecule has 0 aliphatic rings. The van der Waals surface area contributed by atoms with Crippen LogP contribution in [0.5, 0.6) is 0 Å². The lowest BCUT2D eigenvalue weighted by molar-refractivity contribution is -0.117. The molecule has 27 heavy (non-hydrogen) atoms. The van der Waals surface area contributed by atoms with Gasteiger partial charge in [-0.1, -0.05) is 30.0 Å². The molecule has 1 aromatic carbocycles. The first-order valence-electron chi connectivity index (χ1n) is 8.06. The van der Waals surface area contributed by atoms with E-state index in [1.807, 2.05) is 36.7 Å². The number of fused-ring (bicyclic) bond motifs is 1. The van der Waals surface area contributed by atoms with Gasteiger partial charge in [0.2, 0.25) is 5.91 Å². The average molecular weight is 403 g/mol. The Hall–Kier alpha value is -2.65. The second-order valence-electron chi connectivity index (χ2n) is 6.09. The first-order valence-corrected chi connectivity index (χ1v) is 9.92. The van der Waals surface area contributed by atoms with Gasteiger partial charge in [0.25, 0.3) is 5.56 Å². The fourth-order valence-corrected chi connectivity index (χ4v) is 4.37. The molecule has 0 spiro atoms. The number of hydrogen-bond donors (Lipinski definition) is 2. The fourth-order valence-electron chi connectivity index (χ4n) is 2.61. The van der Waals surface area contributed by atoms with Gasteiger partial charge in [-0.15, -0.1) is 11.3 Å². The quantitative estimate of drug-likeness (QED) is 0.515. The van der Waals surface area contributed by atoms with Crippen LogP contribution in [0.4, 0.5) is 4.79 Å². The highest BCUT2D eigenvalue weighted by Crippen LogP contribution is 2.32. The van der Waals surface area contributed by atoms with Crippen molar-refractivity contribution in [3.05, 3.63) is 45.1 Å². The van der Waals surface area contributed by atoms with Crippen molar-refractivity contribution in [3.8, 4) is 11.1 Å². The standard InChI is InChI=1S/C18H18N4O3S2/c1-9-4-5-11(6-10(9)2)12-7-26-15-14(12)16(24)22(3)18(21-15)27-8-13(23)20-17(19)25/h4-7H,8H2,1-3H3,(H3,19,20,23,25). The molecule has 0 bridgehead atoms. The smallest absolute Gasteiger partial charge is 0.318 e. The number of aromatic nitrogens is 2. The zero-order valence-corrected chi connectivity index (χ0v) is 16.7. The first-order chi connectivity index (χ1) is 12.8. The van der Waals surface area contributed by atoms with E-state index < -0.39 is 11.9 Å². The molecule has 0 radical (unpaired) electrons. The number of thiophene rings is 1. The van der Waals surface area contributed by atoms with Gasteiger partial charge < -0.3 is 5.73 Å². The number of carbonyl (C=O) groups excluding carboxylic acids is 2. The molecule has 3 rings (SSSR count).